The summed E-state index contributed by atoms with van der Waals surface area (Å²) in [7, 11) is 4.78. The number of aromatic nitrogens is 3. The lowest BCUT2D eigenvalue weighted by molar-refractivity contribution is -0.120. The molecule has 2 atom stereocenters. The van der Waals surface area contributed by atoms with E-state index in [9.17, 15) is 9.59 Å². The van der Waals surface area contributed by atoms with Gasteiger partial charge in [0.15, 0.2) is 21.3 Å². The normalized spacial score (nSPS) is 15.3. The molecule has 0 bridgehead atoms. The zero-order chi connectivity index (χ0) is 31.5. The summed E-state index contributed by atoms with van der Waals surface area (Å²) in [6.07, 6.45) is 2.09. The standard InChI is InChI=1S/C35H36N4O5S/c1-22(23-11-6-5-7-12-23)19-28(40)27-14-10-18-38(27)35-36-31-33(45-35)37-32(26-13-8-9-15-29(26)43-3)39(34(31)41)21-24-16-17-25(42-2)20-30(24)44-4/h5-9,11-13,15-17,20,22,27H,10,14,18-19,21H2,1-4H3/t22-,27+/m0/s1. The van der Waals surface area contributed by atoms with Crippen molar-refractivity contribution in [2.45, 2.75) is 44.7 Å². The number of para-hydroxylation sites is 1. The quantitative estimate of drug-likeness (QED) is 0.168. The van der Waals surface area contributed by atoms with E-state index in [1.165, 1.54) is 11.3 Å². The Morgan fingerprint density at radius 3 is 2.47 bits per heavy atom. The molecule has 9 nitrogen and oxygen atoms in total. The van der Waals surface area contributed by atoms with Gasteiger partial charge in [-0.15, -0.1) is 0 Å². The smallest absolute Gasteiger partial charge is 0.281 e. The van der Waals surface area contributed by atoms with Crippen LogP contribution in [-0.4, -0.2) is 54.2 Å². The molecule has 0 saturated carbocycles. The van der Waals surface area contributed by atoms with Gasteiger partial charge in [0.25, 0.3) is 5.56 Å². The number of Topliss-reactive ketones (excluding diaryl/α,β-unsaturated/α-hetero) is 1. The maximum absolute atomic E-state index is 14.3. The fourth-order valence-electron chi connectivity index (χ4n) is 6.02. The number of carbonyl (C=O) groups excluding carboxylic acids is 1. The molecule has 45 heavy (non-hydrogen) atoms. The maximum atomic E-state index is 14.3. The third-order valence-electron chi connectivity index (χ3n) is 8.43. The number of fused-ring (bicyclic) bond motifs is 1. The topological polar surface area (TPSA) is 95.8 Å². The average Bonchev–Trinajstić information content (AvgIpc) is 3.74. The number of hydrogen-bond acceptors (Lipinski definition) is 9. The highest BCUT2D eigenvalue weighted by atomic mass is 32.1. The molecule has 10 heteroatoms. The minimum absolute atomic E-state index is 0.115. The van der Waals surface area contributed by atoms with Crippen LogP contribution < -0.4 is 24.7 Å². The molecule has 0 amide bonds. The molecule has 0 aliphatic carbocycles. The van der Waals surface area contributed by atoms with Crippen molar-refractivity contribution >= 4 is 32.6 Å². The predicted molar refractivity (Wildman–Crippen MR) is 177 cm³/mol. The molecule has 0 unspecified atom stereocenters. The molecule has 0 radical (unpaired) electrons. The molecule has 5 aromatic rings. The Kier molecular flexibility index (Phi) is 8.84. The van der Waals surface area contributed by atoms with Crippen LogP contribution in [0.1, 0.15) is 43.2 Å². The van der Waals surface area contributed by atoms with Crippen molar-refractivity contribution in [1.29, 1.82) is 0 Å². The summed E-state index contributed by atoms with van der Waals surface area (Å²) in [5.41, 5.74) is 2.62. The van der Waals surface area contributed by atoms with E-state index in [0.29, 0.717) is 51.6 Å². The van der Waals surface area contributed by atoms with Gasteiger partial charge < -0.3 is 19.1 Å². The van der Waals surface area contributed by atoms with Crippen LogP contribution in [-0.2, 0) is 11.3 Å². The van der Waals surface area contributed by atoms with E-state index in [2.05, 4.69) is 24.0 Å². The number of thiazole rings is 1. The number of hydrogen-bond donors (Lipinski definition) is 0. The summed E-state index contributed by atoms with van der Waals surface area (Å²) in [5.74, 6) is 2.61. The number of methoxy groups -OCH3 is 3. The van der Waals surface area contributed by atoms with Gasteiger partial charge >= 0.3 is 0 Å². The third-order valence-corrected chi connectivity index (χ3v) is 9.41. The SMILES string of the molecule is COc1ccc(Cn2c(-c3ccccc3OC)nc3sc(N4CCC[C@@H]4C(=O)C[C@H](C)c4ccccc4)nc3c2=O)c(OC)c1. The molecular formula is C35H36N4O5S. The minimum Gasteiger partial charge on any atom is -0.497 e. The first kappa shape index (κ1) is 30.3. The van der Waals surface area contributed by atoms with Crippen LogP contribution in [0.5, 0.6) is 17.2 Å². The number of ether oxygens (including phenoxy) is 3. The highest BCUT2D eigenvalue weighted by molar-refractivity contribution is 7.21. The molecule has 6 rings (SSSR count). The molecule has 2 aromatic heterocycles. The van der Waals surface area contributed by atoms with Crippen LogP contribution >= 0.6 is 11.3 Å². The summed E-state index contributed by atoms with van der Waals surface area (Å²) in [5, 5.41) is 0.642. The van der Waals surface area contributed by atoms with Gasteiger partial charge in [0.2, 0.25) is 0 Å². The number of rotatable bonds is 11. The monoisotopic (exact) mass is 624 g/mol. The number of anilines is 1. The van der Waals surface area contributed by atoms with E-state index >= 15 is 0 Å². The van der Waals surface area contributed by atoms with Gasteiger partial charge in [-0.1, -0.05) is 60.7 Å². The summed E-state index contributed by atoms with van der Waals surface area (Å²) < 4.78 is 18.3. The van der Waals surface area contributed by atoms with Gasteiger partial charge in [-0.3, -0.25) is 14.2 Å². The minimum atomic E-state index is -0.281. The van der Waals surface area contributed by atoms with Crippen molar-refractivity contribution < 1.29 is 19.0 Å². The molecule has 1 saturated heterocycles. The predicted octanol–water partition coefficient (Wildman–Crippen LogP) is 6.33. The first-order chi connectivity index (χ1) is 21.9. The van der Waals surface area contributed by atoms with Gasteiger partial charge in [-0.25, -0.2) is 9.97 Å². The Bertz CT molecular complexity index is 1890. The van der Waals surface area contributed by atoms with Gasteiger partial charge in [0, 0.05) is 24.6 Å². The van der Waals surface area contributed by atoms with Crippen molar-refractivity contribution in [3.05, 3.63) is 94.3 Å². The van der Waals surface area contributed by atoms with Crippen LogP contribution in [0.15, 0.2) is 77.6 Å². The van der Waals surface area contributed by atoms with Crippen molar-refractivity contribution in [2.24, 2.45) is 0 Å². The van der Waals surface area contributed by atoms with E-state index in [1.807, 2.05) is 54.6 Å². The summed E-state index contributed by atoms with van der Waals surface area (Å²) in [4.78, 5) is 40.3. The largest absolute Gasteiger partial charge is 0.497 e. The van der Waals surface area contributed by atoms with Gasteiger partial charge in [-0.2, -0.15) is 0 Å². The number of benzene rings is 3. The number of ketones is 1. The lowest BCUT2D eigenvalue weighted by Gasteiger charge is -2.24. The highest BCUT2D eigenvalue weighted by Gasteiger charge is 2.34. The van der Waals surface area contributed by atoms with E-state index in [1.54, 1.807) is 32.0 Å². The first-order valence-corrected chi connectivity index (χ1v) is 15.8. The number of nitrogens with zero attached hydrogens (tertiary/aromatic N) is 4. The molecule has 3 aromatic carbocycles. The first-order valence-electron chi connectivity index (χ1n) is 15.0. The van der Waals surface area contributed by atoms with E-state index in [4.69, 9.17) is 24.2 Å². The highest BCUT2D eigenvalue weighted by Crippen LogP contribution is 2.36. The Morgan fingerprint density at radius 2 is 1.71 bits per heavy atom. The van der Waals surface area contributed by atoms with Crippen molar-refractivity contribution in [3.8, 4) is 28.6 Å². The lowest BCUT2D eigenvalue weighted by atomic mass is 9.93. The molecule has 0 spiro atoms. The molecule has 1 aliphatic rings. The van der Waals surface area contributed by atoms with Crippen LogP contribution in [0.3, 0.4) is 0 Å². The second kappa shape index (κ2) is 13.1. The summed E-state index contributed by atoms with van der Waals surface area (Å²) in [6, 6.07) is 22.8. The van der Waals surface area contributed by atoms with Crippen molar-refractivity contribution in [2.75, 3.05) is 32.8 Å². The third kappa shape index (κ3) is 6.02. The number of carbonyl (C=O) groups is 1. The lowest BCUT2D eigenvalue weighted by Crippen LogP contribution is -2.36. The van der Waals surface area contributed by atoms with Crippen LogP contribution in [0.4, 0.5) is 5.13 Å². The Morgan fingerprint density at radius 1 is 0.956 bits per heavy atom. The molecule has 232 valence electrons. The zero-order valence-electron chi connectivity index (χ0n) is 25.9. The average molecular weight is 625 g/mol. The van der Waals surface area contributed by atoms with Crippen LogP contribution in [0.2, 0.25) is 0 Å². The van der Waals surface area contributed by atoms with E-state index < -0.39 is 0 Å². The molecule has 1 aliphatic heterocycles. The molecule has 1 fully saturated rings. The van der Waals surface area contributed by atoms with E-state index in [0.717, 1.165) is 24.0 Å². The molecule has 3 heterocycles. The maximum Gasteiger partial charge on any atom is 0.281 e. The Labute approximate surface area is 266 Å². The summed E-state index contributed by atoms with van der Waals surface area (Å²) >= 11 is 1.35. The molecule has 0 N–H and O–H groups in total. The van der Waals surface area contributed by atoms with Gasteiger partial charge in [0.05, 0.1) is 39.5 Å². The Hall–Kier alpha value is -4.70. The second-order valence-electron chi connectivity index (χ2n) is 11.2. The summed E-state index contributed by atoms with van der Waals surface area (Å²) in [6.45, 7) is 2.98. The zero-order valence-corrected chi connectivity index (χ0v) is 26.7. The molecular weight excluding hydrogens is 588 g/mol. The van der Waals surface area contributed by atoms with Gasteiger partial charge in [0.1, 0.15) is 23.1 Å². The fraction of sp³-hybridized carbons (Fsp3) is 0.314. The van der Waals surface area contributed by atoms with Crippen LogP contribution in [0, 0.1) is 0 Å². The van der Waals surface area contributed by atoms with Crippen molar-refractivity contribution in [3.63, 3.8) is 0 Å². The fourth-order valence-corrected chi connectivity index (χ4v) is 7.03. The van der Waals surface area contributed by atoms with Crippen LogP contribution in [0.25, 0.3) is 21.7 Å². The van der Waals surface area contributed by atoms with Crippen molar-refractivity contribution in [1.82, 2.24) is 14.5 Å². The second-order valence-corrected chi connectivity index (χ2v) is 12.1. The van der Waals surface area contributed by atoms with E-state index in [-0.39, 0.29) is 35.4 Å². The Balaban J connectivity index is 1.40. The van der Waals surface area contributed by atoms with Gasteiger partial charge in [-0.05, 0) is 48.6 Å².